The molecule has 0 aliphatic rings. The summed E-state index contributed by atoms with van der Waals surface area (Å²) in [6.45, 7) is 6.20. The summed E-state index contributed by atoms with van der Waals surface area (Å²) in [5, 5.41) is 3.61. The van der Waals surface area contributed by atoms with Gasteiger partial charge >= 0.3 is 0 Å². The fourth-order valence-electron chi connectivity index (χ4n) is 2.08. The number of rotatable bonds is 5. The highest BCUT2D eigenvalue weighted by Gasteiger charge is 2.17. The first kappa shape index (κ1) is 18.1. The number of methoxy groups -OCH3 is 1. The summed E-state index contributed by atoms with van der Waals surface area (Å²) in [7, 11) is 1.55. The molecule has 1 amide bonds. The molecule has 2 aromatic carbocycles. The number of carbonyl (C=O) groups is 1. The molecule has 2 rings (SSSR count). The van der Waals surface area contributed by atoms with E-state index in [1.165, 1.54) is 0 Å². The maximum Gasteiger partial charge on any atom is 0.251 e. The topological polar surface area (TPSA) is 47.6 Å². The molecule has 128 valence electrons. The monoisotopic (exact) mass is 347 g/mol. The molecule has 0 atom stereocenters. The fourth-order valence-corrected chi connectivity index (χ4v) is 2.21. The Morgan fingerprint density at radius 1 is 1.08 bits per heavy atom. The summed E-state index contributed by atoms with van der Waals surface area (Å²) in [5.74, 6) is 0.954. The third-order valence-corrected chi connectivity index (χ3v) is 3.47. The van der Waals surface area contributed by atoms with Crippen LogP contribution in [0.2, 0.25) is 5.02 Å². The van der Waals surface area contributed by atoms with E-state index >= 15 is 0 Å². The van der Waals surface area contributed by atoms with Gasteiger partial charge in [-0.25, -0.2) is 0 Å². The predicted octanol–water partition coefficient (Wildman–Crippen LogP) is 4.46. The summed E-state index contributed by atoms with van der Waals surface area (Å²) >= 11 is 5.87. The molecule has 0 heterocycles. The van der Waals surface area contributed by atoms with Gasteiger partial charge in [0.2, 0.25) is 0 Å². The van der Waals surface area contributed by atoms with Crippen molar-refractivity contribution in [3.05, 3.63) is 58.6 Å². The first-order valence-electron chi connectivity index (χ1n) is 7.66. The lowest BCUT2D eigenvalue weighted by molar-refractivity contribution is 0.0919. The van der Waals surface area contributed by atoms with E-state index in [0.29, 0.717) is 28.7 Å². The van der Waals surface area contributed by atoms with Crippen molar-refractivity contribution in [2.75, 3.05) is 7.11 Å². The highest BCUT2D eigenvalue weighted by molar-refractivity contribution is 6.30. The Kier molecular flexibility index (Phi) is 5.73. The first-order chi connectivity index (χ1) is 11.3. The lowest BCUT2D eigenvalue weighted by Gasteiger charge is -2.21. The van der Waals surface area contributed by atoms with E-state index in [1.807, 2.05) is 45.0 Å². The number of ether oxygens (including phenoxy) is 2. The van der Waals surface area contributed by atoms with Crippen molar-refractivity contribution in [2.24, 2.45) is 0 Å². The van der Waals surface area contributed by atoms with Crippen molar-refractivity contribution in [3.63, 3.8) is 0 Å². The molecule has 0 aliphatic heterocycles. The number of carbonyl (C=O) groups excluding carboxylic acids is 1. The van der Waals surface area contributed by atoms with Crippen LogP contribution in [0.1, 0.15) is 36.7 Å². The number of halogens is 1. The maximum absolute atomic E-state index is 12.2. The van der Waals surface area contributed by atoms with Crippen molar-refractivity contribution in [2.45, 2.75) is 32.9 Å². The van der Waals surface area contributed by atoms with Crippen LogP contribution in [0.15, 0.2) is 42.5 Å². The lowest BCUT2D eigenvalue weighted by Crippen LogP contribution is -2.40. The Hall–Kier alpha value is -2.20. The second-order valence-electron chi connectivity index (χ2n) is 6.48. The van der Waals surface area contributed by atoms with Crippen molar-refractivity contribution in [1.29, 1.82) is 0 Å². The minimum absolute atomic E-state index is 0.148. The normalized spacial score (nSPS) is 11.0. The molecule has 0 bridgehead atoms. The number of nitrogens with one attached hydrogen (secondary N) is 1. The molecule has 0 fully saturated rings. The number of amides is 1. The van der Waals surface area contributed by atoms with Crippen LogP contribution in [0.4, 0.5) is 0 Å². The Morgan fingerprint density at radius 3 is 2.33 bits per heavy atom. The highest BCUT2D eigenvalue weighted by atomic mass is 35.5. The van der Waals surface area contributed by atoms with E-state index in [4.69, 9.17) is 21.1 Å². The highest BCUT2D eigenvalue weighted by Crippen LogP contribution is 2.29. The molecule has 0 spiro atoms. The van der Waals surface area contributed by atoms with Crippen molar-refractivity contribution in [1.82, 2.24) is 5.32 Å². The summed E-state index contributed by atoms with van der Waals surface area (Å²) < 4.78 is 11.1. The van der Waals surface area contributed by atoms with Gasteiger partial charge in [-0.2, -0.15) is 0 Å². The van der Waals surface area contributed by atoms with Gasteiger partial charge in [0, 0.05) is 16.1 Å². The summed E-state index contributed by atoms with van der Waals surface area (Å²) in [6.07, 6.45) is 0. The molecular formula is C19H22ClNO3. The predicted molar refractivity (Wildman–Crippen MR) is 96.0 cm³/mol. The second-order valence-corrected chi connectivity index (χ2v) is 6.92. The van der Waals surface area contributed by atoms with Gasteiger partial charge in [-0.1, -0.05) is 23.7 Å². The van der Waals surface area contributed by atoms with Gasteiger partial charge in [-0.05, 0) is 56.7 Å². The standard InChI is InChI=1S/C19H22ClNO3/c1-19(2,3)21-18(22)14-7-10-16(17(11-14)23-4)24-12-13-5-8-15(20)9-6-13/h5-11H,12H2,1-4H3,(H,21,22). The van der Waals surface area contributed by atoms with Crippen molar-refractivity contribution in [3.8, 4) is 11.5 Å². The van der Waals surface area contributed by atoms with E-state index in [1.54, 1.807) is 25.3 Å². The SMILES string of the molecule is COc1cc(C(=O)NC(C)(C)C)ccc1OCc1ccc(Cl)cc1. The molecule has 24 heavy (non-hydrogen) atoms. The van der Waals surface area contributed by atoms with Gasteiger partial charge in [0.1, 0.15) is 6.61 Å². The number of hydrogen-bond donors (Lipinski definition) is 1. The molecule has 0 unspecified atom stereocenters. The third kappa shape index (κ3) is 5.17. The van der Waals surface area contributed by atoms with Gasteiger partial charge in [0.15, 0.2) is 11.5 Å². The van der Waals surface area contributed by atoms with Crippen LogP contribution in [-0.2, 0) is 6.61 Å². The number of hydrogen-bond acceptors (Lipinski definition) is 3. The van der Waals surface area contributed by atoms with Crippen LogP contribution in [0.3, 0.4) is 0 Å². The molecule has 0 aromatic heterocycles. The average Bonchev–Trinajstić information content (AvgIpc) is 2.52. The zero-order chi connectivity index (χ0) is 17.7. The summed E-state index contributed by atoms with van der Waals surface area (Å²) in [5.41, 5.74) is 1.23. The molecule has 0 saturated carbocycles. The second kappa shape index (κ2) is 7.58. The van der Waals surface area contributed by atoms with Gasteiger partial charge < -0.3 is 14.8 Å². The Balaban J connectivity index is 2.11. The first-order valence-corrected chi connectivity index (χ1v) is 8.04. The quantitative estimate of drug-likeness (QED) is 0.868. The molecule has 4 nitrogen and oxygen atoms in total. The van der Waals surface area contributed by atoms with Gasteiger partial charge in [-0.15, -0.1) is 0 Å². The van der Waals surface area contributed by atoms with E-state index in [9.17, 15) is 4.79 Å². The van der Waals surface area contributed by atoms with Crippen LogP contribution in [0.25, 0.3) is 0 Å². The zero-order valence-corrected chi connectivity index (χ0v) is 15.1. The smallest absolute Gasteiger partial charge is 0.251 e. The summed E-state index contributed by atoms with van der Waals surface area (Å²) in [4.78, 5) is 12.2. The Morgan fingerprint density at radius 2 is 1.75 bits per heavy atom. The Labute approximate surface area is 147 Å². The van der Waals surface area contributed by atoms with Crippen LogP contribution in [0, 0.1) is 0 Å². The minimum atomic E-state index is -0.298. The molecule has 2 aromatic rings. The zero-order valence-electron chi connectivity index (χ0n) is 14.4. The fraction of sp³-hybridized carbons (Fsp3) is 0.316. The summed E-state index contributed by atoms with van der Waals surface area (Å²) in [6, 6.07) is 12.6. The van der Waals surface area contributed by atoms with E-state index in [-0.39, 0.29) is 11.4 Å². The Bertz CT molecular complexity index is 706. The maximum atomic E-state index is 12.2. The minimum Gasteiger partial charge on any atom is -0.493 e. The third-order valence-electron chi connectivity index (χ3n) is 3.22. The van der Waals surface area contributed by atoms with Gasteiger partial charge in [0.25, 0.3) is 5.91 Å². The van der Waals surface area contributed by atoms with Crippen LogP contribution in [-0.4, -0.2) is 18.6 Å². The molecule has 1 N–H and O–H groups in total. The van der Waals surface area contributed by atoms with Crippen molar-refractivity contribution < 1.29 is 14.3 Å². The van der Waals surface area contributed by atoms with E-state index < -0.39 is 0 Å². The lowest BCUT2D eigenvalue weighted by atomic mass is 10.1. The van der Waals surface area contributed by atoms with Crippen LogP contribution in [0.5, 0.6) is 11.5 Å². The van der Waals surface area contributed by atoms with Crippen LogP contribution < -0.4 is 14.8 Å². The van der Waals surface area contributed by atoms with E-state index in [0.717, 1.165) is 5.56 Å². The molecular weight excluding hydrogens is 326 g/mol. The molecule has 5 heteroatoms. The van der Waals surface area contributed by atoms with Gasteiger partial charge in [-0.3, -0.25) is 4.79 Å². The molecule has 0 aliphatic carbocycles. The molecule has 0 saturated heterocycles. The number of benzene rings is 2. The average molecular weight is 348 g/mol. The van der Waals surface area contributed by atoms with Crippen LogP contribution >= 0.6 is 11.6 Å². The van der Waals surface area contributed by atoms with Gasteiger partial charge in [0.05, 0.1) is 7.11 Å². The van der Waals surface area contributed by atoms with E-state index in [2.05, 4.69) is 5.32 Å². The van der Waals surface area contributed by atoms with Crippen molar-refractivity contribution >= 4 is 17.5 Å². The largest absolute Gasteiger partial charge is 0.493 e. The molecule has 0 radical (unpaired) electrons.